The number of hydrogen-bond donors (Lipinski definition) is 0. The molecule has 0 spiro atoms. The second kappa shape index (κ2) is 6.08. The van der Waals surface area contributed by atoms with E-state index in [1.54, 1.807) is 0 Å². The molecular weight excluding hydrogens is 294 g/mol. The maximum absolute atomic E-state index is 12.4. The normalized spacial score (nSPS) is 13.6. The Morgan fingerprint density at radius 3 is 2.42 bits per heavy atom. The third-order valence-electron chi connectivity index (χ3n) is 1.40. The first-order valence-electron chi connectivity index (χ1n) is 3.91. The number of halogens is 4. The van der Waals surface area contributed by atoms with Crippen molar-refractivity contribution in [2.45, 2.75) is 37.4 Å². The number of unbranched alkanes of at least 4 members (excludes halogenated alkanes) is 3. The van der Waals surface area contributed by atoms with Crippen molar-refractivity contribution in [2.24, 2.45) is 0 Å². The molecule has 0 aromatic heterocycles. The van der Waals surface area contributed by atoms with Gasteiger partial charge >= 0.3 is 4.83 Å². The second-order valence-electron chi connectivity index (χ2n) is 2.55. The van der Waals surface area contributed by atoms with Gasteiger partial charge in [0.25, 0.3) is 0 Å². The van der Waals surface area contributed by atoms with Crippen LogP contribution in [0.5, 0.6) is 0 Å². The average molecular weight is 306 g/mol. The molecule has 4 heteroatoms. The van der Waals surface area contributed by atoms with Gasteiger partial charge in [-0.05, 0) is 44.7 Å². The Bertz CT molecular complexity index is 150. The van der Waals surface area contributed by atoms with Gasteiger partial charge in [0.2, 0.25) is 0 Å². The molecule has 0 aromatic rings. The summed E-state index contributed by atoms with van der Waals surface area (Å²) in [7, 11) is 0. The van der Waals surface area contributed by atoms with Gasteiger partial charge in [0.05, 0.1) is 4.48 Å². The maximum atomic E-state index is 12.4. The first-order valence-corrected chi connectivity index (χ1v) is 5.50. The lowest BCUT2D eigenvalue weighted by Crippen LogP contribution is -2.03. The predicted octanol–water partition coefficient (Wildman–Crippen LogP) is 4.83. The molecule has 0 saturated carbocycles. The fourth-order valence-corrected chi connectivity index (χ4v) is 1.13. The molecule has 12 heavy (non-hydrogen) atoms. The van der Waals surface area contributed by atoms with Gasteiger partial charge in [-0.3, -0.25) is 0 Å². The van der Waals surface area contributed by atoms with E-state index in [1.807, 2.05) is 0 Å². The molecule has 0 aromatic carbocycles. The molecule has 0 nitrogen and oxygen atoms in total. The average Bonchev–Trinajstić information content (AvgIpc) is 1.96. The van der Waals surface area contributed by atoms with Crippen molar-refractivity contribution in [2.75, 3.05) is 0 Å². The summed E-state index contributed by atoms with van der Waals surface area (Å²) in [6.45, 7) is 2.08. The highest BCUT2D eigenvalue weighted by atomic mass is 79.9. The Labute approximate surface area is 88.7 Å². The molecule has 0 aliphatic heterocycles. The predicted molar refractivity (Wildman–Crippen MR) is 55.0 cm³/mol. The van der Waals surface area contributed by atoms with E-state index < -0.39 is 4.83 Å². The van der Waals surface area contributed by atoms with Gasteiger partial charge in [0.1, 0.15) is 0 Å². The van der Waals surface area contributed by atoms with E-state index in [-0.39, 0.29) is 4.48 Å². The van der Waals surface area contributed by atoms with E-state index >= 15 is 0 Å². The molecular formula is C8H12Br2F2. The smallest absolute Gasteiger partial charge is 0.188 e. The monoisotopic (exact) mass is 304 g/mol. The van der Waals surface area contributed by atoms with Crippen LogP contribution in [0.15, 0.2) is 10.6 Å². The van der Waals surface area contributed by atoms with Crippen molar-refractivity contribution >= 4 is 31.9 Å². The summed E-state index contributed by atoms with van der Waals surface area (Å²) in [5, 5.41) is 0. The van der Waals surface area contributed by atoms with Crippen LogP contribution in [0, 0.1) is 0 Å². The summed E-state index contributed by atoms with van der Waals surface area (Å²) >= 11 is 5.08. The maximum Gasteiger partial charge on any atom is 0.332 e. The van der Waals surface area contributed by atoms with Gasteiger partial charge < -0.3 is 0 Å². The molecule has 0 atom stereocenters. The van der Waals surface area contributed by atoms with E-state index in [0.717, 1.165) is 19.3 Å². The summed E-state index contributed by atoms with van der Waals surface area (Å²) in [6.07, 6.45) is 5.38. The Kier molecular flexibility index (Phi) is 6.36. The van der Waals surface area contributed by atoms with Crippen molar-refractivity contribution in [1.29, 1.82) is 0 Å². The van der Waals surface area contributed by atoms with Crippen molar-refractivity contribution in [3.8, 4) is 0 Å². The van der Waals surface area contributed by atoms with Crippen molar-refractivity contribution in [3.63, 3.8) is 0 Å². The minimum atomic E-state index is -2.90. The van der Waals surface area contributed by atoms with Crippen LogP contribution in [-0.4, -0.2) is 4.83 Å². The van der Waals surface area contributed by atoms with E-state index in [1.165, 1.54) is 6.08 Å². The second-order valence-corrected chi connectivity index (χ2v) is 4.40. The van der Waals surface area contributed by atoms with Crippen LogP contribution in [-0.2, 0) is 0 Å². The molecule has 0 amide bonds. The van der Waals surface area contributed by atoms with Gasteiger partial charge in [-0.2, -0.15) is 8.78 Å². The summed E-state index contributed by atoms with van der Waals surface area (Å²) in [5.41, 5.74) is 0. The molecule has 0 saturated heterocycles. The highest BCUT2D eigenvalue weighted by Crippen LogP contribution is 2.35. The summed E-state index contributed by atoms with van der Waals surface area (Å²) in [4.78, 5) is -2.90. The number of alkyl halides is 3. The van der Waals surface area contributed by atoms with Crippen molar-refractivity contribution < 1.29 is 8.78 Å². The zero-order valence-electron chi connectivity index (χ0n) is 6.92. The fraction of sp³-hybridized carbons (Fsp3) is 0.750. The Balaban J connectivity index is 3.70. The zero-order valence-corrected chi connectivity index (χ0v) is 10.1. The van der Waals surface area contributed by atoms with E-state index in [2.05, 4.69) is 38.8 Å². The molecule has 0 bridgehead atoms. The third kappa shape index (κ3) is 6.12. The molecule has 0 aliphatic rings. The summed E-state index contributed by atoms with van der Waals surface area (Å²) < 4.78 is 24.8. The fourth-order valence-electron chi connectivity index (χ4n) is 0.739. The van der Waals surface area contributed by atoms with Crippen molar-refractivity contribution in [1.82, 2.24) is 0 Å². The highest BCUT2D eigenvalue weighted by molar-refractivity contribution is 9.14. The molecule has 0 heterocycles. The zero-order chi connectivity index (χ0) is 9.61. The van der Waals surface area contributed by atoms with Gasteiger partial charge in [-0.1, -0.05) is 25.8 Å². The van der Waals surface area contributed by atoms with Crippen LogP contribution in [0.2, 0.25) is 0 Å². The summed E-state index contributed by atoms with van der Waals surface area (Å²) in [5.74, 6) is 0. The van der Waals surface area contributed by atoms with Crippen LogP contribution in [0.4, 0.5) is 8.78 Å². The lowest BCUT2D eigenvalue weighted by Gasteiger charge is -2.05. The first-order chi connectivity index (χ1) is 5.48. The largest absolute Gasteiger partial charge is 0.332 e. The van der Waals surface area contributed by atoms with Gasteiger partial charge in [0, 0.05) is 0 Å². The SMILES string of the molecule is CCCCCC=C(Br)C(F)(F)Br. The molecule has 72 valence electrons. The molecule has 0 aliphatic carbocycles. The van der Waals surface area contributed by atoms with Gasteiger partial charge in [-0.25, -0.2) is 0 Å². The minimum Gasteiger partial charge on any atom is -0.188 e. The highest BCUT2D eigenvalue weighted by Gasteiger charge is 2.27. The van der Waals surface area contributed by atoms with Crippen LogP contribution < -0.4 is 0 Å². The van der Waals surface area contributed by atoms with E-state index in [0.29, 0.717) is 6.42 Å². The Morgan fingerprint density at radius 2 is 2.00 bits per heavy atom. The number of rotatable bonds is 5. The quantitative estimate of drug-likeness (QED) is 0.504. The van der Waals surface area contributed by atoms with Crippen LogP contribution in [0.3, 0.4) is 0 Å². The molecule has 0 radical (unpaired) electrons. The number of hydrogen-bond acceptors (Lipinski definition) is 0. The molecule has 0 rings (SSSR count). The van der Waals surface area contributed by atoms with Crippen molar-refractivity contribution in [3.05, 3.63) is 10.6 Å². The van der Waals surface area contributed by atoms with Crippen LogP contribution in [0.1, 0.15) is 32.6 Å². The summed E-state index contributed by atoms with van der Waals surface area (Å²) in [6, 6.07) is 0. The lowest BCUT2D eigenvalue weighted by atomic mass is 10.2. The topological polar surface area (TPSA) is 0 Å². The Hall–Kier alpha value is 0.560. The van der Waals surface area contributed by atoms with E-state index in [9.17, 15) is 8.78 Å². The Morgan fingerprint density at radius 1 is 1.42 bits per heavy atom. The molecule has 0 fully saturated rings. The first kappa shape index (κ1) is 12.6. The van der Waals surface area contributed by atoms with Crippen LogP contribution in [0.25, 0.3) is 0 Å². The van der Waals surface area contributed by atoms with Gasteiger partial charge in [0.15, 0.2) is 0 Å². The standard InChI is InChI=1S/C8H12Br2F2/c1-2-3-4-5-6-7(9)8(10,11)12/h6H,2-5H2,1H3. The van der Waals surface area contributed by atoms with Crippen LogP contribution >= 0.6 is 31.9 Å². The number of allylic oxidation sites excluding steroid dienone is 2. The molecule has 0 unspecified atom stereocenters. The lowest BCUT2D eigenvalue weighted by molar-refractivity contribution is 0.167. The molecule has 0 N–H and O–H groups in total. The third-order valence-corrected chi connectivity index (χ3v) is 3.18. The van der Waals surface area contributed by atoms with Gasteiger partial charge in [-0.15, -0.1) is 0 Å². The van der Waals surface area contributed by atoms with E-state index in [4.69, 9.17) is 0 Å². The minimum absolute atomic E-state index is 0.0777.